The lowest BCUT2D eigenvalue weighted by Crippen LogP contribution is -2.28. The second kappa shape index (κ2) is 9.44. The molecular formula is C20H27ClN6O3. The number of hydrogen-bond donors (Lipinski definition) is 2. The molecule has 10 heteroatoms. The van der Waals surface area contributed by atoms with E-state index in [1.165, 1.54) is 0 Å². The standard InChI is InChI=1S/C20H26N6O3.ClH/c1-25-20(22-18(24-25)13-7-9-21-10-8-13)23-19(28)14-11-17(27)26(12-14)15-3-5-16(29-2)6-4-15;/h3-6,13-14,21H,7-12H2,1-2H3,(H,22,23,24,28);1H. The molecule has 1 aromatic carbocycles. The number of amides is 2. The van der Waals surface area contributed by atoms with Crippen LogP contribution in [-0.4, -0.2) is 53.3 Å². The van der Waals surface area contributed by atoms with Crippen LogP contribution in [0.3, 0.4) is 0 Å². The van der Waals surface area contributed by atoms with Crippen LogP contribution in [0.25, 0.3) is 0 Å². The molecule has 30 heavy (non-hydrogen) atoms. The van der Waals surface area contributed by atoms with Crippen LogP contribution in [0.15, 0.2) is 24.3 Å². The molecule has 1 atom stereocenters. The van der Waals surface area contributed by atoms with Gasteiger partial charge in [0.2, 0.25) is 17.8 Å². The fourth-order valence-electron chi connectivity index (χ4n) is 3.87. The number of ether oxygens (including phenoxy) is 1. The van der Waals surface area contributed by atoms with E-state index < -0.39 is 5.92 Å². The number of carbonyl (C=O) groups is 2. The molecule has 4 rings (SSSR count). The molecule has 2 saturated heterocycles. The second-order valence-electron chi connectivity index (χ2n) is 7.53. The van der Waals surface area contributed by atoms with Crippen LogP contribution < -0.4 is 20.3 Å². The van der Waals surface area contributed by atoms with E-state index >= 15 is 0 Å². The second-order valence-corrected chi connectivity index (χ2v) is 7.53. The lowest BCUT2D eigenvalue weighted by atomic mass is 9.98. The van der Waals surface area contributed by atoms with Gasteiger partial charge < -0.3 is 15.0 Å². The first-order valence-electron chi connectivity index (χ1n) is 9.92. The van der Waals surface area contributed by atoms with E-state index in [4.69, 9.17) is 4.74 Å². The Balaban J connectivity index is 0.00000256. The first-order valence-corrected chi connectivity index (χ1v) is 9.92. The number of rotatable bonds is 5. The predicted octanol–water partition coefficient (Wildman–Crippen LogP) is 1.70. The smallest absolute Gasteiger partial charge is 0.232 e. The fourth-order valence-corrected chi connectivity index (χ4v) is 3.87. The largest absolute Gasteiger partial charge is 0.497 e. The number of nitrogens with one attached hydrogen (secondary N) is 2. The minimum atomic E-state index is -0.427. The highest BCUT2D eigenvalue weighted by Crippen LogP contribution is 2.28. The summed E-state index contributed by atoms with van der Waals surface area (Å²) in [4.78, 5) is 31.4. The Kier molecular flexibility index (Phi) is 6.94. The Hall–Kier alpha value is -2.65. The van der Waals surface area contributed by atoms with Crippen molar-refractivity contribution in [2.45, 2.75) is 25.2 Å². The number of hydrogen-bond acceptors (Lipinski definition) is 6. The van der Waals surface area contributed by atoms with Gasteiger partial charge in [-0.2, -0.15) is 10.1 Å². The van der Waals surface area contributed by atoms with Crippen molar-refractivity contribution in [3.63, 3.8) is 0 Å². The molecule has 2 fully saturated rings. The zero-order valence-electron chi connectivity index (χ0n) is 17.1. The maximum Gasteiger partial charge on any atom is 0.232 e. The zero-order chi connectivity index (χ0) is 20.4. The van der Waals surface area contributed by atoms with E-state index in [0.29, 0.717) is 18.4 Å². The quantitative estimate of drug-likeness (QED) is 0.742. The van der Waals surface area contributed by atoms with Gasteiger partial charge in [-0.05, 0) is 50.2 Å². The van der Waals surface area contributed by atoms with Gasteiger partial charge in [0.05, 0.1) is 13.0 Å². The molecule has 0 aliphatic carbocycles. The van der Waals surface area contributed by atoms with Gasteiger partial charge >= 0.3 is 0 Å². The molecule has 162 valence electrons. The summed E-state index contributed by atoms with van der Waals surface area (Å²) in [5.41, 5.74) is 0.762. The van der Waals surface area contributed by atoms with Crippen molar-refractivity contribution >= 4 is 35.9 Å². The van der Waals surface area contributed by atoms with E-state index in [9.17, 15) is 9.59 Å². The molecule has 2 aliphatic heterocycles. The van der Waals surface area contributed by atoms with Crippen LogP contribution in [0.4, 0.5) is 11.6 Å². The van der Waals surface area contributed by atoms with Crippen LogP contribution in [0.1, 0.15) is 31.0 Å². The Morgan fingerprint density at radius 3 is 2.60 bits per heavy atom. The van der Waals surface area contributed by atoms with Crippen molar-refractivity contribution in [2.75, 3.05) is 37.0 Å². The molecule has 0 bridgehead atoms. The number of nitrogens with zero attached hydrogens (tertiary/aromatic N) is 4. The molecule has 2 N–H and O–H groups in total. The number of carbonyl (C=O) groups excluding carboxylic acids is 2. The molecule has 2 aliphatic rings. The highest BCUT2D eigenvalue weighted by atomic mass is 35.5. The van der Waals surface area contributed by atoms with Gasteiger partial charge in [0.1, 0.15) is 5.75 Å². The predicted molar refractivity (Wildman–Crippen MR) is 115 cm³/mol. The van der Waals surface area contributed by atoms with Crippen molar-refractivity contribution in [1.82, 2.24) is 20.1 Å². The number of methoxy groups -OCH3 is 1. The lowest BCUT2D eigenvalue weighted by molar-refractivity contribution is -0.122. The topological polar surface area (TPSA) is 101 Å². The first kappa shape index (κ1) is 22.0. The van der Waals surface area contributed by atoms with Crippen LogP contribution in [0.5, 0.6) is 5.75 Å². The summed E-state index contributed by atoms with van der Waals surface area (Å²) >= 11 is 0. The summed E-state index contributed by atoms with van der Waals surface area (Å²) in [6.45, 7) is 2.25. The van der Waals surface area contributed by atoms with Gasteiger partial charge in [0.25, 0.3) is 0 Å². The molecule has 1 unspecified atom stereocenters. The van der Waals surface area contributed by atoms with Crippen LogP contribution in [0, 0.1) is 5.92 Å². The van der Waals surface area contributed by atoms with Crippen molar-refractivity contribution in [3.05, 3.63) is 30.1 Å². The van der Waals surface area contributed by atoms with E-state index in [0.717, 1.165) is 43.2 Å². The summed E-state index contributed by atoms with van der Waals surface area (Å²) in [6.07, 6.45) is 2.16. The average Bonchev–Trinajstić information content (AvgIpc) is 3.31. The van der Waals surface area contributed by atoms with Gasteiger partial charge in [0, 0.05) is 31.6 Å². The van der Waals surface area contributed by atoms with E-state index in [1.807, 2.05) is 12.1 Å². The summed E-state index contributed by atoms with van der Waals surface area (Å²) in [5.74, 6) is 1.54. The highest BCUT2D eigenvalue weighted by molar-refractivity contribution is 6.03. The number of halogens is 1. The molecule has 9 nitrogen and oxygen atoms in total. The van der Waals surface area contributed by atoms with Crippen molar-refractivity contribution in [1.29, 1.82) is 0 Å². The lowest BCUT2D eigenvalue weighted by Gasteiger charge is -2.19. The summed E-state index contributed by atoms with van der Waals surface area (Å²) in [7, 11) is 3.37. The molecule has 3 heterocycles. The zero-order valence-corrected chi connectivity index (χ0v) is 17.9. The van der Waals surface area contributed by atoms with Gasteiger partial charge in [-0.1, -0.05) is 0 Å². The Labute approximate surface area is 181 Å². The first-order chi connectivity index (χ1) is 14.0. The van der Waals surface area contributed by atoms with Crippen molar-refractivity contribution in [2.24, 2.45) is 13.0 Å². The summed E-state index contributed by atoms with van der Waals surface area (Å²) in [6, 6.07) is 7.26. The molecule has 0 saturated carbocycles. The summed E-state index contributed by atoms with van der Waals surface area (Å²) in [5, 5.41) is 10.7. The van der Waals surface area contributed by atoms with Crippen LogP contribution in [0.2, 0.25) is 0 Å². The number of aromatic nitrogens is 3. The average molecular weight is 435 g/mol. The number of aryl methyl sites for hydroxylation is 1. The normalized spacial score (nSPS) is 19.5. The van der Waals surface area contributed by atoms with Gasteiger partial charge in [-0.15, -0.1) is 12.4 Å². The molecule has 1 aromatic heterocycles. The van der Waals surface area contributed by atoms with Crippen molar-refractivity contribution in [3.8, 4) is 5.75 Å². The number of piperidine rings is 1. The van der Waals surface area contributed by atoms with E-state index in [1.54, 1.807) is 35.9 Å². The maximum atomic E-state index is 12.8. The highest BCUT2D eigenvalue weighted by Gasteiger charge is 2.35. The summed E-state index contributed by atoms with van der Waals surface area (Å²) < 4.78 is 6.76. The molecule has 0 spiro atoms. The minimum Gasteiger partial charge on any atom is -0.497 e. The third-order valence-electron chi connectivity index (χ3n) is 5.60. The Bertz CT molecular complexity index is 894. The number of benzene rings is 1. The number of anilines is 2. The van der Waals surface area contributed by atoms with Gasteiger partial charge in [-0.3, -0.25) is 14.9 Å². The van der Waals surface area contributed by atoms with Gasteiger partial charge in [0.15, 0.2) is 5.82 Å². The SMILES string of the molecule is COc1ccc(N2CC(C(=O)Nc3nc(C4CCNCC4)nn3C)CC2=O)cc1.Cl. The molecular weight excluding hydrogens is 408 g/mol. The van der Waals surface area contributed by atoms with Crippen LogP contribution in [-0.2, 0) is 16.6 Å². The third kappa shape index (κ3) is 4.57. The monoisotopic (exact) mass is 434 g/mol. The molecule has 2 aromatic rings. The Morgan fingerprint density at radius 1 is 1.23 bits per heavy atom. The van der Waals surface area contributed by atoms with E-state index in [-0.39, 0.29) is 30.6 Å². The fraction of sp³-hybridized carbons (Fsp3) is 0.500. The third-order valence-corrected chi connectivity index (χ3v) is 5.60. The van der Waals surface area contributed by atoms with Crippen LogP contribution >= 0.6 is 12.4 Å². The molecule has 0 radical (unpaired) electrons. The van der Waals surface area contributed by atoms with E-state index in [2.05, 4.69) is 20.7 Å². The Morgan fingerprint density at radius 2 is 1.93 bits per heavy atom. The maximum absolute atomic E-state index is 12.8. The van der Waals surface area contributed by atoms with Gasteiger partial charge in [-0.25, -0.2) is 4.68 Å². The van der Waals surface area contributed by atoms with Crippen molar-refractivity contribution < 1.29 is 14.3 Å². The molecule has 2 amide bonds. The minimum absolute atomic E-state index is 0.